The summed E-state index contributed by atoms with van der Waals surface area (Å²) in [5.74, 6) is -0.659. The van der Waals surface area contributed by atoms with Gasteiger partial charge in [0, 0.05) is 17.2 Å². The maximum absolute atomic E-state index is 13.8. The lowest BCUT2D eigenvalue weighted by molar-refractivity contribution is 0.416. The van der Waals surface area contributed by atoms with Gasteiger partial charge >= 0.3 is 0 Å². The Bertz CT molecular complexity index is 584. The number of rotatable bonds is 4. The highest BCUT2D eigenvalue weighted by molar-refractivity contribution is 5.71. The van der Waals surface area contributed by atoms with E-state index in [1.807, 2.05) is 12.1 Å². The molecule has 2 nitrogen and oxygen atoms in total. The van der Waals surface area contributed by atoms with Gasteiger partial charge in [-0.3, -0.25) is 0 Å². The van der Waals surface area contributed by atoms with Crippen molar-refractivity contribution in [3.8, 4) is 16.9 Å². The molecule has 100 valence electrons. The molecule has 0 aromatic heterocycles. The van der Waals surface area contributed by atoms with E-state index in [0.717, 1.165) is 11.6 Å². The summed E-state index contributed by atoms with van der Waals surface area (Å²) in [4.78, 5) is 0. The second-order valence-corrected chi connectivity index (χ2v) is 4.20. The Morgan fingerprint density at radius 2 is 1.84 bits per heavy atom. The van der Waals surface area contributed by atoms with Gasteiger partial charge in [0.1, 0.15) is 17.4 Å². The predicted octanol–water partition coefficient (Wildman–Crippen LogP) is 3.14. The van der Waals surface area contributed by atoms with Crippen LogP contribution >= 0.6 is 0 Å². The molecule has 0 spiro atoms. The fraction of sp³-hybridized carbons (Fsp3) is 0.200. The van der Waals surface area contributed by atoms with Gasteiger partial charge in [-0.25, -0.2) is 8.78 Å². The minimum Gasteiger partial charge on any atom is -0.496 e. The average Bonchev–Trinajstić information content (AvgIpc) is 2.39. The quantitative estimate of drug-likeness (QED) is 0.919. The fourth-order valence-corrected chi connectivity index (χ4v) is 2.00. The third-order valence-electron chi connectivity index (χ3n) is 2.92. The van der Waals surface area contributed by atoms with Crippen molar-refractivity contribution in [2.24, 2.45) is 5.73 Å². The van der Waals surface area contributed by atoms with Gasteiger partial charge in [-0.2, -0.15) is 0 Å². The number of benzene rings is 2. The smallest absolute Gasteiger partial charge is 0.134 e. The Kier molecular flexibility index (Phi) is 4.12. The van der Waals surface area contributed by atoms with Crippen molar-refractivity contribution in [1.29, 1.82) is 0 Å². The molecule has 2 aromatic rings. The minimum absolute atomic E-state index is 0.317. The van der Waals surface area contributed by atoms with Gasteiger partial charge in [-0.1, -0.05) is 6.07 Å². The van der Waals surface area contributed by atoms with E-state index in [2.05, 4.69) is 0 Å². The average molecular weight is 263 g/mol. The Balaban J connectivity index is 2.54. The van der Waals surface area contributed by atoms with Crippen LogP contribution in [0.15, 0.2) is 36.4 Å². The van der Waals surface area contributed by atoms with Gasteiger partial charge in [0.05, 0.1) is 7.11 Å². The number of halogens is 2. The third-order valence-corrected chi connectivity index (χ3v) is 2.92. The van der Waals surface area contributed by atoms with E-state index < -0.39 is 11.6 Å². The highest BCUT2D eigenvalue weighted by atomic mass is 19.1. The van der Waals surface area contributed by atoms with Crippen LogP contribution in [0.25, 0.3) is 11.1 Å². The van der Waals surface area contributed by atoms with Gasteiger partial charge in [0.15, 0.2) is 0 Å². The van der Waals surface area contributed by atoms with Crippen LogP contribution in [-0.4, -0.2) is 13.7 Å². The van der Waals surface area contributed by atoms with Crippen molar-refractivity contribution in [2.75, 3.05) is 13.7 Å². The Hall–Kier alpha value is -1.94. The molecule has 0 aliphatic heterocycles. The molecule has 0 radical (unpaired) electrons. The van der Waals surface area contributed by atoms with Crippen molar-refractivity contribution < 1.29 is 13.5 Å². The van der Waals surface area contributed by atoms with E-state index in [4.69, 9.17) is 10.5 Å². The maximum Gasteiger partial charge on any atom is 0.134 e. The summed E-state index contributed by atoms with van der Waals surface area (Å²) in [6, 6.07) is 8.98. The SMILES string of the molecule is COc1ccc(CCN)cc1-c1ccc(F)cc1F. The molecule has 19 heavy (non-hydrogen) atoms. The Labute approximate surface area is 110 Å². The van der Waals surface area contributed by atoms with Gasteiger partial charge in [0.2, 0.25) is 0 Å². The molecular formula is C15H15F2NO. The van der Waals surface area contributed by atoms with Crippen molar-refractivity contribution in [3.63, 3.8) is 0 Å². The van der Waals surface area contributed by atoms with Gasteiger partial charge < -0.3 is 10.5 Å². The molecule has 0 heterocycles. The van der Waals surface area contributed by atoms with Crippen LogP contribution in [0.1, 0.15) is 5.56 Å². The molecule has 0 saturated carbocycles. The molecule has 4 heteroatoms. The van der Waals surface area contributed by atoms with Crippen LogP contribution in [0, 0.1) is 11.6 Å². The third kappa shape index (κ3) is 2.90. The summed E-state index contributed by atoms with van der Waals surface area (Å²) < 4.78 is 32.0. The first-order chi connectivity index (χ1) is 9.15. The normalized spacial score (nSPS) is 10.5. The van der Waals surface area contributed by atoms with E-state index in [-0.39, 0.29) is 0 Å². The number of hydrogen-bond acceptors (Lipinski definition) is 2. The molecule has 0 unspecified atom stereocenters. The van der Waals surface area contributed by atoms with E-state index >= 15 is 0 Å². The van der Waals surface area contributed by atoms with Crippen LogP contribution in [0.2, 0.25) is 0 Å². The highest BCUT2D eigenvalue weighted by Crippen LogP contribution is 2.33. The predicted molar refractivity (Wildman–Crippen MR) is 71.1 cm³/mol. The van der Waals surface area contributed by atoms with Gasteiger partial charge in [-0.15, -0.1) is 0 Å². The molecule has 0 amide bonds. The summed E-state index contributed by atoms with van der Waals surface area (Å²) in [6.45, 7) is 0.512. The second kappa shape index (κ2) is 5.80. The summed E-state index contributed by atoms with van der Waals surface area (Å²) in [5, 5.41) is 0. The van der Waals surface area contributed by atoms with E-state index in [0.29, 0.717) is 29.8 Å². The van der Waals surface area contributed by atoms with Crippen molar-refractivity contribution in [2.45, 2.75) is 6.42 Å². The maximum atomic E-state index is 13.8. The molecule has 0 saturated heterocycles. The fourth-order valence-electron chi connectivity index (χ4n) is 2.00. The summed E-state index contributed by atoms with van der Waals surface area (Å²) in [7, 11) is 1.52. The monoisotopic (exact) mass is 263 g/mol. The molecule has 2 aromatic carbocycles. The molecule has 2 rings (SSSR count). The standard InChI is InChI=1S/C15H15F2NO/c1-19-15-5-2-10(6-7-18)8-13(15)12-4-3-11(16)9-14(12)17/h2-5,8-9H,6-7,18H2,1H3. The summed E-state index contributed by atoms with van der Waals surface area (Å²) in [5.41, 5.74) is 7.42. The molecule has 0 bridgehead atoms. The largest absolute Gasteiger partial charge is 0.496 e. The zero-order valence-corrected chi connectivity index (χ0v) is 10.6. The van der Waals surface area contributed by atoms with E-state index in [1.54, 1.807) is 6.07 Å². The number of hydrogen-bond donors (Lipinski definition) is 1. The molecule has 0 aliphatic carbocycles. The van der Waals surface area contributed by atoms with Gasteiger partial charge in [-0.05, 0) is 42.8 Å². The molecule has 0 aliphatic rings. The molecule has 0 atom stereocenters. The first-order valence-electron chi connectivity index (χ1n) is 5.98. The molecule has 0 fully saturated rings. The van der Waals surface area contributed by atoms with Gasteiger partial charge in [0.25, 0.3) is 0 Å². The first kappa shape index (κ1) is 13.5. The Morgan fingerprint density at radius 1 is 1.05 bits per heavy atom. The number of ether oxygens (including phenoxy) is 1. The van der Waals surface area contributed by atoms with Crippen LogP contribution in [0.5, 0.6) is 5.75 Å². The first-order valence-corrected chi connectivity index (χ1v) is 5.98. The van der Waals surface area contributed by atoms with Crippen LogP contribution in [0.3, 0.4) is 0 Å². The topological polar surface area (TPSA) is 35.2 Å². The van der Waals surface area contributed by atoms with Crippen molar-refractivity contribution in [3.05, 3.63) is 53.6 Å². The van der Waals surface area contributed by atoms with Crippen LogP contribution < -0.4 is 10.5 Å². The van der Waals surface area contributed by atoms with Crippen LogP contribution in [0.4, 0.5) is 8.78 Å². The molecule has 2 N–H and O–H groups in total. The lowest BCUT2D eigenvalue weighted by atomic mass is 10.00. The zero-order valence-electron chi connectivity index (χ0n) is 10.6. The summed E-state index contributed by atoms with van der Waals surface area (Å²) >= 11 is 0. The second-order valence-electron chi connectivity index (χ2n) is 4.20. The van der Waals surface area contributed by atoms with Crippen LogP contribution in [-0.2, 0) is 6.42 Å². The lowest BCUT2D eigenvalue weighted by Gasteiger charge is -2.11. The van der Waals surface area contributed by atoms with Crippen molar-refractivity contribution in [1.82, 2.24) is 0 Å². The zero-order chi connectivity index (χ0) is 13.8. The van der Waals surface area contributed by atoms with Crippen molar-refractivity contribution >= 4 is 0 Å². The van der Waals surface area contributed by atoms with E-state index in [9.17, 15) is 8.78 Å². The highest BCUT2D eigenvalue weighted by Gasteiger charge is 2.12. The number of nitrogens with two attached hydrogens (primary N) is 1. The van der Waals surface area contributed by atoms with E-state index in [1.165, 1.54) is 19.2 Å². The number of methoxy groups -OCH3 is 1. The Morgan fingerprint density at radius 3 is 2.47 bits per heavy atom. The minimum atomic E-state index is -0.608. The lowest BCUT2D eigenvalue weighted by Crippen LogP contribution is -2.03. The summed E-state index contributed by atoms with van der Waals surface area (Å²) in [6.07, 6.45) is 0.694. The molecular weight excluding hydrogens is 248 g/mol.